The highest BCUT2D eigenvalue weighted by Gasteiger charge is 2.09. The average molecular weight is 269 g/mol. The Bertz CT molecular complexity index is 474. The number of carboxylic acid groups (broad SMARTS) is 1. The Morgan fingerprint density at radius 2 is 2.11 bits per heavy atom. The number of hydrogen-bond donors (Lipinski definition) is 2. The number of rotatable bonds is 6. The van der Waals surface area contributed by atoms with Crippen molar-refractivity contribution in [3.8, 4) is 0 Å². The van der Waals surface area contributed by atoms with Gasteiger partial charge in [0, 0.05) is 5.69 Å². The van der Waals surface area contributed by atoms with E-state index in [-0.39, 0.29) is 29.9 Å². The third-order valence-electron chi connectivity index (χ3n) is 2.23. The van der Waals surface area contributed by atoms with Crippen molar-refractivity contribution in [3.05, 3.63) is 29.6 Å². The molecule has 0 unspecified atom stereocenters. The Labute approximate surface area is 110 Å². The zero-order valence-electron chi connectivity index (χ0n) is 10.8. The highest BCUT2D eigenvalue weighted by molar-refractivity contribution is 5.91. The van der Waals surface area contributed by atoms with E-state index >= 15 is 0 Å². The lowest BCUT2D eigenvalue weighted by atomic mass is 10.1. The van der Waals surface area contributed by atoms with Gasteiger partial charge in [0.2, 0.25) is 5.91 Å². The van der Waals surface area contributed by atoms with Crippen LogP contribution in [0.4, 0.5) is 10.1 Å². The Balaban J connectivity index is 2.63. The Morgan fingerprint density at radius 3 is 2.63 bits per heavy atom. The number of amides is 1. The lowest BCUT2D eigenvalue weighted by Gasteiger charge is -2.09. The molecule has 0 aliphatic carbocycles. The van der Waals surface area contributed by atoms with Gasteiger partial charge >= 0.3 is 5.97 Å². The topological polar surface area (TPSA) is 75.6 Å². The monoisotopic (exact) mass is 269 g/mol. The molecule has 104 valence electrons. The Hall–Kier alpha value is -1.95. The van der Waals surface area contributed by atoms with Gasteiger partial charge < -0.3 is 15.2 Å². The minimum Gasteiger partial charge on any atom is -0.481 e. The maximum absolute atomic E-state index is 13.5. The fourth-order valence-corrected chi connectivity index (χ4v) is 1.37. The first-order chi connectivity index (χ1) is 8.88. The fourth-order valence-electron chi connectivity index (χ4n) is 1.37. The van der Waals surface area contributed by atoms with Crippen LogP contribution in [0.1, 0.15) is 19.4 Å². The van der Waals surface area contributed by atoms with Crippen molar-refractivity contribution in [2.24, 2.45) is 0 Å². The largest absolute Gasteiger partial charge is 0.481 e. The van der Waals surface area contributed by atoms with Crippen molar-refractivity contribution in [2.75, 3.05) is 11.9 Å². The molecule has 6 heteroatoms. The van der Waals surface area contributed by atoms with Crippen LogP contribution >= 0.6 is 0 Å². The van der Waals surface area contributed by atoms with Crippen LogP contribution in [0.3, 0.4) is 0 Å². The van der Waals surface area contributed by atoms with Crippen molar-refractivity contribution >= 4 is 17.6 Å². The number of nitrogens with one attached hydrogen (secondary N) is 1. The summed E-state index contributed by atoms with van der Waals surface area (Å²) in [7, 11) is 0. The molecule has 1 amide bonds. The number of aliphatic carboxylic acids is 1. The molecule has 5 nitrogen and oxygen atoms in total. The highest BCUT2D eigenvalue weighted by Crippen LogP contribution is 2.15. The molecule has 0 saturated carbocycles. The maximum atomic E-state index is 13.5. The molecule has 0 saturated heterocycles. The molecular weight excluding hydrogens is 253 g/mol. The first kappa shape index (κ1) is 15.1. The van der Waals surface area contributed by atoms with E-state index in [0.717, 1.165) is 6.07 Å². The normalized spacial score (nSPS) is 10.5. The average Bonchev–Trinajstić information content (AvgIpc) is 2.29. The van der Waals surface area contributed by atoms with Gasteiger partial charge in [-0.25, -0.2) is 4.39 Å². The standard InChI is InChI=1S/C13H16FNO4/c1-8(2)19-7-12(16)15-10-4-3-9(5-13(17)18)11(14)6-10/h3-4,6,8H,5,7H2,1-2H3,(H,15,16)(H,17,18). The maximum Gasteiger partial charge on any atom is 0.307 e. The SMILES string of the molecule is CC(C)OCC(=O)Nc1ccc(CC(=O)O)c(F)c1. The van der Waals surface area contributed by atoms with Gasteiger partial charge in [0.1, 0.15) is 12.4 Å². The molecule has 0 aliphatic rings. The smallest absolute Gasteiger partial charge is 0.307 e. The molecule has 0 heterocycles. The zero-order chi connectivity index (χ0) is 14.4. The third-order valence-corrected chi connectivity index (χ3v) is 2.23. The lowest BCUT2D eigenvalue weighted by molar-refractivity contribution is -0.136. The second-order valence-corrected chi connectivity index (χ2v) is 4.28. The minimum atomic E-state index is -1.11. The Morgan fingerprint density at radius 1 is 1.42 bits per heavy atom. The van der Waals surface area contributed by atoms with Crippen molar-refractivity contribution in [1.82, 2.24) is 0 Å². The summed E-state index contributed by atoms with van der Waals surface area (Å²) in [5, 5.41) is 11.0. The number of anilines is 1. The zero-order valence-corrected chi connectivity index (χ0v) is 10.8. The summed E-state index contributed by atoms with van der Waals surface area (Å²) in [4.78, 5) is 21.9. The molecule has 0 atom stereocenters. The number of hydrogen-bond acceptors (Lipinski definition) is 3. The van der Waals surface area contributed by atoms with E-state index < -0.39 is 18.2 Å². The van der Waals surface area contributed by atoms with Gasteiger partial charge in [0.25, 0.3) is 0 Å². The molecule has 1 aromatic carbocycles. The van der Waals surface area contributed by atoms with Crippen LogP contribution in [0, 0.1) is 5.82 Å². The predicted octanol–water partition coefficient (Wildman–Crippen LogP) is 1.82. The van der Waals surface area contributed by atoms with Crippen molar-refractivity contribution in [1.29, 1.82) is 0 Å². The van der Waals surface area contributed by atoms with E-state index in [1.807, 2.05) is 0 Å². The number of halogens is 1. The molecule has 1 rings (SSSR count). The highest BCUT2D eigenvalue weighted by atomic mass is 19.1. The van der Waals surface area contributed by atoms with Crippen LogP contribution in [0.5, 0.6) is 0 Å². The van der Waals surface area contributed by atoms with Gasteiger partial charge in [-0.3, -0.25) is 9.59 Å². The van der Waals surface area contributed by atoms with E-state index in [9.17, 15) is 14.0 Å². The van der Waals surface area contributed by atoms with Crippen LogP contribution < -0.4 is 5.32 Å². The minimum absolute atomic E-state index is 0.0690. The van der Waals surface area contributed by atoms with E-state index in [4.69, 9.17) is 9.84 Å². The van der Waals surface area contributed by atoms with Gasteiger partial charge in [-0.05, 0) is 31.5 Å². The van der Waals surface area contributed by atoms with Crippen LogP contribution in [0.2, 0.25) is 0 Å². The number of carbonyl (C=O) groups excluding carboxylic acids is 1. The van der Waals surface area contributed by atoms with Gasteiger partial charge in [-0.15, -0.1) is 0 Å². The second-order valence-electron chi connectivity index (χ2n) is 4.28. The molecule has 0 bridgehead atoms. The number of ether oxygens (including phenoxy) is 1. The van der Waals surface area contributed by atoms with E-state index in [1.165, 1.54) is 12.1 Å². The molecule has 0 radical (unpaired) electrons. The molecule has 19 heavy (non-hydrogen) atoms. The number of benzene rings is 1. The molecule has 1 aromatic rings. The van der Waals surface area contributed by atoms with Crippen LogP contribution in [0.15, 0.2) is 18.2 Å². The molecular formula is C13H16FNO4. The molecule has 0 fully saturated rings. The van der Waals surface area contributed by atoms with E-state index in [1.54, 1.807) is 13.8 Å². The second kappa shape index (κ2) is 6.84. The molecule has 0 aromatic heterocycles. The first-order valence-electron chi connectivity index (χ1n) is 5.80. The molecule has 2 N–H and O–H groups in total. The van der Waals surface area contributed by atoms with Crippen LogP contribution in [0.25, 0.3) is 0 Å². The summed E-state index contributed by atoms with van der Waals surface area (Å²) in [5.74, 6) is -2.16. The summed E-state index contributed by atoms with van der Waals surface area (Å²) < 4.78 is 18.6. The number of carboxylic acids is 1. The fraction of sp³-hybridized carbons (Fsp3) is 0.385. The van der Waals surface area contributed by atoms with Gasteiger partial charge in [-0.2, -0.15) is 0 Å². The van der Waals surface area contributed by atoms with E-state index in [2.05, 4.69) is 5.32 Å². The summed E-state index contributed by atoms with van der Waals surface area (Å²) >= 11 is 0. The summed E-state index contributed by atoms with van der Waals surface area (Å²) in [6.45, 7) is 3.48. The number of carbonyl (C=O) groups is 2. The summed E-state index contributed by atoms with van der Waals surface area (Å²) in [5.41, 5.74) is 0.341. The third kappa shape index (κ3) is 5.48. The summed E-state index contributed by atoms with van der Waals surface area (Å²) in [6.07, 6.45) is -0.461. The van der Waals surface area contributed by atoms with Crippen molar-refractivity contribution < 1.29 is 23.8 Å². The van der Waals surface area contributed by atoms with Crippen LogP contribution in [-0.4, -0.2) is 29.7 Å². The first-order valence-corrected chi connectivity index (χ1v) is 5.80. The van der Waals surface area contributed by atoms with Gasteiger partial charge in [-0.1, -0.05) is 6.07 Å². The summed E-state index contributed by atoms with van der Waals surface area (Å²) in [6, 6.07) is 3.88. The molecule has 0 spiro atoms. The van der Waals surface area contributed by atoms with Crippen LogP contribution in [-0.2, 0) is 20.7 Å². The molecule has 0 aliphatic heterocycles. The van der Waals surface area contributed by atoms with E-state index in [0.29, 0.717) is 0 Å². The van der Waals surface area contributed by atoms with Crippen molar-refractivity contribution in [3.63, 3.8) is 0 Å². The predicted molar refractivity (Wildman–Crippen MR) is 67.5 cm³/mol. The van der Waals surface area contributed by atoms with Crippen molar-refractivity contribution in [2.45, 2.75) is 26.4 Å². The lowest BCUT2D eigenvalue weighted by Crippen LogP contribution is -2.20. The van der Waals surface area contributed by atoms with Gasteiger partial charge in [0.15, 0.2) is 0 Å². The Kier molecular flexibility index (Phi) is 5.44. The van der Waals surface area contributed by atoms with Gasteiger partial charge in [0.05, 0.1) is 12.5 Å². The quantitative estimate of drug-likeness (QED) is 0.826.